The molecular weight excluding hydrogens is 505 g/mol. The van der Waals surface area contributed by atoms with E-state index in [9.17, 15) is 14.3 Å². The molecule has 3 aromatic rings. The number of benzene rings is 1. The zero-order chi connectivity index (χ0) is 27.9. The summed E-state index contributed by atoms with van der Waals surface area (Å²) < 4.78 is 22.9. The van der Waals surface area contributed by atoms with Gasteiger partial charge >= 0.3 is 5.69 Å². The van der Waals surface area contributed by atoms with Crippen molar-refractivity contribution in [3.63, 3.8) is 0 Å². The van der Waals surface area contributed by atoms with Crippen LogP contribution in [0.1, 0.15) is 53.4 Å². The minimum absolute atomic E-state index is 0.0326. The fourth-order valence-corrected chi connectivity index (χ4v) is 5.61. The van der Waals surface area contributed by atoms with Gasteiger partial charge in [-0.05, 0) is 88.5 Å². The van der Waals surface area contributed by atoms with Crippen LogP contribution in [0.2, 0.25) is 0 Å². The summed E-state index contributed by atoms with van der Waals surface area (Å²) in [6.07, 6.45) is 5.33. The maximum Gasteiger partial charge on any atom is 0.368 e. The Morgan fingerprint density at radius 3 is 2.79 bits per heavy atom. The number of aryl methyl sites for hydroxylation is 1. The van der Waals surface area contributed by atoms with Crippen LogP contribution < -0.4 is 21.1 Å². The molecule has 2 aliphatic heterocycles. The molecule has 0 radical (unpaired) electrons. The Labute approximate surface area is 226 Å². The van der Waals surface area contributed by atoms with Crippen LogP contribution in [0.5, 0.6) is 5.75 Å². The summed E-state index contributed by atoms with van der Waals surface area (Å²) in [5.74, 6) is 0.146. The van der Waals surface area contributed by atoms with Crippen LogP contribution >= 0.6 is 0 Å². The second-order valence-corrected chi connectivity index (χ2v) is 11.6. The molecule has 2 aliphatic rings. The number of anilines is 3. The predicted octanol–water partition coefficient (Wildman–Crippen LogP) is 2.61. The van der Waals surface area contributed by atoms with Crippen molar-refractivity contribution in [2.24, 2.45) is 7.05 Å². The van der Waals surface area contributed by atoms with E-state index in [-0.39, 0.29) is 30.0 Å². The van der Waals surface area contributed by atoms with Crippen molar-refractivity contribution in [3.8, 4) is 11.4 Å². The number of aliphatic hydroxyl groups is 1. The first-order valence-corrected chi connectivity index (χ1v) is 13.2. The molecule has 0 amide bonds. The molecule has 2 fully saturated rings. The number of fused-ring (bicyclic) bond motifs is 1. The van der Waals surface area contributed by atoms with E-state index in [0.717, 1.165) is 41.4 Å². The fourth-order valence-electron chi connectivity index (χ4n) is 5.61. The molecule has 2 unspecified atom stereocenters. The van der Waals surface area contributed by atoms with Crippen molar-refractivity contribution in [3.05, 3.63) is 40.7 Å². The zero-order valence-corrected chi connectivity index (χ0v) is 23.0. The van der Waals surface area contributed by atoms with E-state index in [4.69, 9.17) is 4.74 Å². The van der Waals surface area contributed by atoms with Gasteiger partial charge in [0, 0.05) is 30.4 Å². The third kappa shape index (κ3) is 5.59. The molecule has 0 aliphatic carbocycles. The summed E-state index contributed by atoms with van der Waals surface area (Å²) in [4.78, 5) is 23.7. The Balaban J connectivity index is 1.40. The minimum atomic E-state index is -0.903. The van der Waals surface area contributed by atoms with Crippen molar-refractivity contribution in [2.45, 2.75) is 76.6 Å². The molecule has 13 heteroatoms. The average Bonchev–Trinajstić information content (AvgIpc) is 3.49. The lowest BCUT2D eigenvalue weighted by Crippen LogP contribution is -2.55. The van der Waals surface area contributed by atoms with Crippen LogP contribution in [0.25, 0.3) is 5.69 Å². The second kappa shape index (κ2) is 10.2. The third-order valence-corrected chi connectivity index (χ3v) is 7.47. The van der Waals surface area contributed by atoms with Crippen LogP contribution in [0.15, 0.2) is 29.2 Å². The van der Waals surface area contributed by atoms with E-state index >= 15 is 0 Å². The number of aliphatic hydroxyl groups excluding tert-OH is 1. The molecule has 1 aromatic carbocycles. The lowest BCUT2D eigenvalue weighted by atomic mass is 9.84. The van der Waals surface area contributed by atoms with Gasteiger partial charge < -0.3 is 20.5 Å². The molecule has 0 bridgehead atoms. The van der Waals surface area contributed by atoms with Crippen LogP contribution in [-0.2, 0) is 7.05 Å². The number of halogens is 1. The van der Waals surface area contributed by atoms with E-state index in [0.29, 0.717) is 23.2 Å². The van der Waals surface area contributed by atoms with Crippen molar-refractivity contribution in [1.29, 1.82) is 0 Å². The SMILES string of the molecule is Cn1nnn(-c2cc(Nc3ncc(F)c(NC4CC5CCCN5C(C)(C)C4)n3)ccc2OC(C)(C)CO)c1=O. The fraction of sp³-hybridized carbons (Fsp3) is 0.577. The first-order valence-electron chi connectivity index (χ1n) is 13.2. The number of tetrazole rings is 1. The highest BCUT2D eigenvalue weighted by Crippen LogP contribution is 2.38. The smallest absolute Gasteiger partial charge is 0.368 e. The Morgan fingerprint density at radius 1 is 1.28 bits per heavy atom. The van der Waals surface area contributed by atoms with Gasteiger partial charge in [-0.15, -0.1) is 0 Å². The predicted molar refractivity (Wildman–Crippen MR) is 144 cm³/mol. The number of rotatable bonds is 8. The molecule has 0 spiro atoms. The largest absolute Gasteiger partial charge is 0.483 e. The minimum Gasteiger partial charge on any atom is -0.483 e. The van der Waals surface area contributed by atoms with Gasteiger partial charge in [0.1, 0.15) is 17.0 Å². The molecule has 5 rings (SSSR count). The first-order chi connectivity index (χ1) is 18.5. The van der Waals surface area contributed by atoms with Crippen LogP contribution in [0, 0.1) is 5.82 Å². The monoisotopic (exact) mass is 541 g/mol. The number of hydrogen-bond donors (Lipinski definition) is 3. The Hall–Kier alpha value is -3.58. The number of hydrogen-bond acceptors (Lipinski definition) is 10. The molecule has 39 heavy (non-hydrogen) atoms. The first kappa shape index (κ1) is 27.0. The maximum atomic E-state index is 14.8. The maximum absolute atomic E-state index is 14.8. The summed E-state index contributed by atoms with van der Waals surface area (Å²) in [5, 5.41) is 23.8. The summed E-state index contributed by atoms with van der Waals surface area (Å²) >= 11 is 0. The van der Waals surface area contributed by atoms with Crippen molar-refractivity contribution in [2.75, 3.05) is 23.8 Å². The highest BCUT2D eigenvalue weighted by atomic mass is 19.1. The molecule has 12 nitrogen and oxygen atoms in total. The van der Waals surface area contributed by atoms with Crippen molar-refractivity contribution in [1.82, 2.24) is 34.7 Å². The molecule has 2 aromatic heterocycles. The quantitative estimate of drug-likeness (QED) is 0.391. The standard InChI is InChI=1S/C26H36FN9O3/c1-25(2)13-17(11-18-7-6-10-35(18)25)29-22-19(27)14-28-23(31-22)30-16-8-9-21(39-26(3,4)15-37)20(12-16)36-24(38)34(5)32-33-36/h8-9,12,14,17-18,37H,6-7,10-11,13,15H2,1-5H3,(H2,28,29,30,31). The van der Waals surface area contributed by atoms with Crippen molar-refractivity contribution >= 4 is 17.5 Å². The van der Waals surface area contributed by atoms with Gasteiger partial charge in [-0.2, -0.15) is 14.3 Å². The number of nitrogens with one attached hydrogen (secondary N) is 2. The van der Waals surface area contributed by atoms with Crippen LogP contribution in [0.3, 0.4) is 0 Å². The van der Waals surface area contributed by atoms with Crippen LogP contribution in [-0.4, -0.2) is 76.1 Å². The topological polar surface area (TPSA) is 135 Å². The summed E-state index contributed by atoms with van der Waals surface area (Å²) in [6, 6.07) is 5.59. The summed E-state index contributed by atoms with van der Waals surface area (Å²) in [7, 11) is 1.49. The van der Waals surface area contributed by atoms with Gasteiger partial charge in [-0.1, -0.05) is 0 Å². The second-order valence-electron chi connectivity index (χ2n) is 11.6. The lowest BCUT2D eigenvalue weighted by Gasteiger charge is -2.47. The van der Waals surface area contributed by atoms with Crippen molar-refractivity contribution < 1.29 is 14.2 Å². The molecular formula is C26H36FN9O3. The van der Waals surface area contributed by atoms with Gasteiger partial charge in [-0.25, -0.2) is 14.2 Å². The average molecular weight is 542 g/mol. The number of aromatic nitrogens is 6. The lowest BCUT2D eigenvalue weighted by molar-refractivity contribution is 0.0411. The van der Waals surface area contributed by atoms with E-state index in [1.165, 1.54) is 13.5 Å². The summed E-state index contributed by atoms with van der Waals surface area (Å²) in [6.45, 7) is 8.82. The Morgan fingerprint density at radius 2 is 2.08 bits per heavy atom. The Kier molecular flexibility index (Phi) is 7.06. The van der Waals surface area contributed by atoms with Gasteiger partial charge in [0.15, 0.2) is 11.6 Å². The molecule has 2 atom stereocenters. The molecule has 0 saturated carbocycles. The van der Waals surface area contributed by atoms with Crippen LogP contribution in [0.4, 0.5) is 21.8 Å². The third-order valence-electron chi connectivity index (χ3n) is 7.47. The molecule has 2 saturated heterocycles. The number of piperidine rings is 1. The highest BCUT2D eigenvalue weighted by Gasteiger charge is 2.43. The number of nitrogens with zero attached hydrogens (tertiary/aromatic N) is 7. The van der Waals surface area contributed by atoms with E-state index in [1.807, 2.05) is 0 Å². The van der Waals surface area contributed by atoms with Gasteiger partial charge in [0.05, 0.1) is 12.8 Å². The van der Waals surface area contributed by atoms with E-state index < -0.39 is 17.1 Å². The highest BCUT2D eigenvalue weighted by molar-refractivity contribution is 5.62. The van der Waals surface area contributed by atoms with E-state index in [2.05, 4.69) is 49.8 Å². The molecule has 4 heterocycles. The molecule has 210 valence electrons. The summed E-state index contributed by atoms with van der Waals surface area (Å²) in [5.41, 5.74) is -0.510. The zero-order valence-electron chi connectivity index (χ0n) is 23.0. The van der Waals surface area contributed by atoms with Gasteiger partial charge in [-0.3, -0.25) is 4.90 Å². The van der Waals surface area contributed by atoms with E-state index in [1.54, 1.807) is 32.0 Å². The van der Waals surface area contributed by atoms with Gasteiger partial charge in [0.25, 0.3) is 0 Å². The van der Waals surface area contributed by atoms with Gasteiger partial charge in [0.2, 0.25) is 5.95 Å². The molecule has 3 N–H and O–H groups in total. The number of ether oxygens (including phenoxy) is 1. The Bertz CT molecular complexity index is 1400. The normalized spacial score (nSPS) is 21.0.